The number of halogens is 2. The number of pyridine rings is 1. The van der Waals surface area contributed by atoms with E-state index < -0.39 is 11.6 Å². The van der Waals surface area contributed by atoms with E-state index >= 15 is 0 Å². The Morgan fingerprint density at radius 1 is 1.00 bits per heavy atom. The first-order valence-corrected chi connectivity index (χ1v) is 8.02. The molecule has 0 bridgehead atoms. The van der Waals surface area contributed by atoms with Gasteiger partial charge in [0.05, 0.1) is 11.4 Å². The topological polar surface area (TPSA) is 83.0 Å². The fourth-order valence-corrected chi connectivity index (χ4v) is 2.27. The van der Waals surface area contributed by atoms with E-state index in [0.717, 1.165) is 23.8 Å². The smallest absolute Gasteiger partial charge is 0.225 e. The van der Waals surface area contributed by atoms with Crippen molar-refractivity contribution in [2.45, 2.75) is 6.42 Å². The molecule has 0 spiro atoms. The quantitative estimate of drug-likeness (QED) is 0.563. The molecule has 0 atom stereocenters. The van der Waals surface area contributed by atoms with Gasteiger partial charge in [-0.1, -0.05) is 0 Å². The molecule has 0 saturated carbocycles. The summed E-state index contributed by atoms with van der Waals surface area (Å²) >= 11 is 0. The van der Waals surface area contributed by atoms with Gasteiger partial charge >= 0.3 is 0 Å². The normalized spacial score (nSPS) is 10.6. The van der Waals surface area contributed by atoms with Crippen LogP contribution in [0.25, 0.3) is 11.3 Å². The predicted molar refractivity (Wildman–Crippen MR) is 95.1 cm³/mol. The molecule has 0 aliphatic heterocycles. The van der Waals surface area contributed by atoms with E-state index in [1.807, 2.05) is 0 Å². The summed E-state index contributed by atoms with van der Waals surface area (Å²) in [5.41, 5.74) is 1.37. The molecule has 8 heteroatoms. The largest absolute Gasteiger partial charge is 0.396 e. The molecule has 2 aromatic heterocycles. The molecule has 2 heterocycles. The van der Waals surface area contributed by atoms with E-state index in [1.165, 1.54) is 0 Å². The van der Waals surface area contributed by atoms with Crippen LogP contribution in [0.4, 0.5) is 26.2 Å². The van der Waals surface area contributed by atoms with E-state index in [0.29, 0.717) is 30.4 Å². The second kappa shape index (κ2) is 8.30. The lowest BCUT2D eigenvalue weighted by atomic mass is 10.2. The summed E-state index contributed by atoms with van der Waals surface area (Å²) in [7, 11) is 0. The summed E-state index contributed by atoms with van der Waals surface area (Å²) in [5, 5.41) is 14.7. The van der Waals surface area contributed by atoms with Gasteiger partial charge in [-0.15, -0.1) is 0 Å². The van der Waals surface area contributed by atoms with Gasteiger partial charge in [0.15, 0.2) is 0 Å². The number of aliphatic hydroxyl groups excluding tert-OH is 1. The highest BCUT2D eigenvalue weighted by Crippen LogP contribution is 2.25. The van der Waals surface area contributed by atoms with Crippen LogP contribution in [-0.2, 0) is 0 Å². The molecule has 3 aromatic rings. The first-order chi connectivity index (χ1) is 12.7. The molecule has 0 amide bonds. The zero-order valence-corrected chi connectivity index (χ0v) is 13.8. The Kier molecular flexibility index (Phi) is 5.65. The van der Waals surface area contributed by atoms with Gasteiger partial charge in [-0.05, 0) is 30.7 Å². The molecule has 3 rings (SSSR count). The van der Waals surface area contributed by atoms with Crippen LogP contribution in [0.5, 0.6) is 0 Å². The van der Waals surface area contributed by atoms with Crippen LogP contribution in [0.2, 0.25) is 0 Å². The average molecular weight is 357 g/mol. The van der Waals surface area contributed by atoms with Crippen molar-refractivity contribution in [3.8, 4) is 11.3 Å². The highest BCUT2D eigenvalue weighted by molar-refractivity contribution is 5.67. The Hall–Kier alpha value is -3.13. The van der Waals surface area contributed by atoms with E-state index in [9.17, 15) is 8.78 Å². The third-order valence-corrected chi connectivity index (χ3v) is 3.51. The molecule has 0 aliphatic carbocycles. The van der Waals surface area contributed by atoms with Crippen molar-refractivity contribution in [2.75, 3.05) is 23.8 Å². The Morgan fingerprint density at radius 3 is 2.58 bits per heavy atom. The van der Waals surface area contributed by atoms with Crippen LogP contribution in [-0.4, -0.2) is 33.2 Å². The molecule has 0 fully saturated rings. The molecule has 0 saturated heterocycles. The van der Waals surface area contributed by atoms with E-state index in [-0.39, 0.29) is 12.3 Å². The van der Waals surface area contributed by atoms with Crippen molar-refractivity contribution >= 4 is 17.5 Å². The number of benzene rings is 1. The maximum atomic E-state index is 13.9. The number of rotatable bonds is 7. The standard InChI is InChI=1S/C18H17F2N5O/c19-13-2-3-14(20)16(10-13)23-17-11-15(12-4-7-21-8-5-12)24-18(25-17)22-6-1-9-26/h2-5,7-8,10-11,26H,1,6,9H2,(H2,22,23,24,25). The number of anilines is 3. The van der Waals surface area contributed by atoms with Crippen molar-refractivity contribution in [1.29, 1.82) is 0 Å². The zero-order chi connectivity index (χ0) is 18.4. The maximum Gasteiger partial charge on any atom is 0.225 e. The highest BCUT2D eigenvalue weighted by atomic mass is 19.1. The van der Waals surface area contributed by atoms with Crippen LogP contribution in [0.1, 0.15) is 6.42 Å². The number of nitrogens with zero attached hydrogens (tertiary/aromatic N) is 3. The second-order valence-corrected chi connectivity index (χ2v) is 5.45. The molecule has 3 N–H and O–H groups in total. The molecule has 0 aliphatic rings. The minimum absolute atomic E-state index is 0.0225. The van der Waals surface area contributed by atoms with Crippen molar-refractivity contribution in [1.82, 2.24) is 15.0 Å². The summed E-state index contributed by atoms with van der Waals surface area (Å²) in [4.78, 5) is 12.7. The molecular formula is C18H17F2N5O. The zero-order valence-electron chi connectivity index (χ0n) is 13.8. The van der Waals surface area contributed by atoms with Gasteiger partial charge < -0.3 is 15.7 Å². The van der Waals surface area contributed by atoms with Crippen LogP contribution in [0, 0.1) is 11.6 Å². The molecule has 6 nitrogen and oxygen atoms in total. The number of hydrogen-bond donors (Lipinski definition) is 3. The fraction of sp³-hybridized carbons (Fsp3) is 0.167. The summed E-state index contributed by atoms with van der Waals surface area (Å²) in [6.45, 7) is 0.515. The van der Waals surface area contributed by atoms with Crippen LogP contribution in [0.15, 0.2) is 48.8 Å². The number of hydrogen-bond acceptors (Lipinski definition) is 6. The summed E-state index contributed by atoms with van der Waals surface area (Å²) in [5.74, 6) is -0.529. The molecule has 0 radical (unpaired) electrons. The lowest BCUT2D eigenvalue weighted by Gasteiger charge is -2.12. The minimum atomic E-state index is -0.592. The van der Waals surface area contributed by atoms with Crippen LogP contribution < -0.4 is 10.6 Å². The van der Waals surface area contributed by atoms with Crippen molar-refractivity contribution in [2.24, 2.45) is 0 Å². The highest BCUT2D eigenvalue weighted by Gasteiger charge is 2.10. The summed E-state index contributed by atoms with van der Waals surface area (Å²) in [6, 6.07) is 8.35. The van der Waals surface area contributed by atoms with E-state index in [1.54, 1.807) is 30.6 Å². The van der Waals surface area contributed by atoms with Gasteiger partial charge in [-0.2, -0.15) is 4.98 Å². The Labute approximate surface area is 149 Å². The van der Waals surface area contributed by atoms with E-state index in [2.05, 4.69) is 25.6 Å². The average Bonchev–Trinajstić information content (AvgIpc) is 2.65. The third-order valence-electron chi connectivity index (χ3n) is 3.51. The molecule has 1 aromatic carbocycles. The maximum absolute atomic E-state index is 13.9. The second-order valence-electron chi connectivity index (χ2n) is 5.45. The summed E-state index contributed by atoms with van der Waals surface area (Å²) in [6.07, 6.45) is 3.80. The third kappa shape index (κ3) is 4.48. The van der Waals surface area contributed by atoms with Crippen molar-refractivity contribution in [3.05, 3.63) is 60.4 Å². The number of nitrogens with one attached hydrogen (secondary N) is 2. The summed E-state index contributed by atoms with van der Waals surface area (Å²) < 4.78 is 27.3. The van der Waals surface area contributed by atoms with Gasteiger partial charge in [0.2, 0.25) is 5.95 Å². The van der Waals surface area contributed by atoms with Crippen LogP contribution in [0.3, 0.4) is 0 Å². The van der Waals surface area contributed by atoms with Gasteiger partial charge in [0, 0.05) is 43.2 Å². The Morgan fingerprint density at radius 2 is 1.81 bits per heavy atom. The van der Waals surface area contributed by atoms with Gasteiger partial charge in [-0.3, -0.25) is 4.98 Å². The van der Waals surface area contributed by atoms with Gasteiger partial charge in [0.25, 0.3) is 0 Å². The molecule has 0 unspecified atom stereocenters. The Bertz CT molecular complexity index is 877. The lowest BCUT2D eigenvalue weighted by molar-refractivity contribution is 0.292. The van der Waals surface area contributed by atoms with Crippen LogP contribution >= 0.6 is 0 Å². The SMILES string of the molecule is OCCCNc1nc(Nc2cc(F)ccc2F)cc(-c2ccncc2)n1. The first-order valence-electron chi connectivity index (χ1n) is 8.02. The van der Waals surface area contributed by atoms with Gasteiger partial charge in [0.1, 0.15) is 17.5 Å². The van der Waals surface area contributed by atoms with Crippen molar-refractivity contribution < 1.29 is 13.9 Å². The fourth-order valence-electron chi connectivity index (χ4n) is 2.27. The first kappa shape index (κ1) is 17.7. The lowest BCUT2D eigenvalue weighted by Crippen LogP contribution is -2.09. The number of aromatic nitrogens is 3. The number of aliphatic hydroxyl groups is 1. The monoisotopic (exact) mass is 357 g/mol. The molecular weight excluding hydrogens is 340 g/mol. The molecule has 134 valence electrons. The predicted octanol–water partition coefficient (Wildman–Crippen LogP) is 3.35. The van der Waals surface area contributed by atoms with E-state index in [4.69, 9.17) is 5.11 Å². The van der Waals surface area contributed by atoms with Gasteiger partial charge in [-0.25, -0.2) is 13.8 Å². The van der Waals surface area contributed by atoms with Crippen molar-refractivity contribution in [3.63, 3.8) is 0 Å². The molecule has 26 heavy (non-hydrogen) atoms. The minimum Gasteiger partial charge on any atom is -0.396 e. The Balaban J connectivity index is 1.95.